The van der Waals surface area contributed by atoms with Crippen LogP contribution in [0.4, 0.5) is 0 Å². The van der Waals surface area contributed by atoms with Crippen LogP contribution in [0.25, 0.3) is 0 Å². The standard InChI is InChI=1S/C12H12ClNO2/c13-11-4-2-1-3-10(11)12(14-8-15)9-5-6-16-7-9/h1-4,9,12H,5-7H2. The Morgan fingerprint density at radius 3 is 2.94 bits per heavy atom. The molecule has 0 radical (unpaired) electrons. The van der Waals surface area contributed by atoms with Crippen molar-refractivity contribution in [3.05, 3.63) is 34.9 Å². The van der Waals surface area contributed by atoms with Gasteiger partial charge in [-0.2, -0.15) is 4.99 Å². The van der Waals surface area contributed by atoms with E-state index >= 15 is 0 Å². The van der Waals surface area contributed by atoms with E-state index in [1.165, 1.54) is 0 Å². The smallest absolute Gasteiger partial charge is 0.235 e. The largest absolute Gasteiger partial charge is 0.381 e. The molecule has 0 aliphatic carbocycles. The molecule has 2 atom stereocenters. The van der Waals surface area contributed by atoms with Crippen molar-refractivity contribution < 1.29 is 9.53 Å². The van der Waals surface area contributed by atoms with E-state index in [2.05, 4.69) is 4.99 Å². The Kier molecular flexibility index (Phi) is 3.73. The van der Waals surface area contributed by atoms with Gasteiger partial charge in [0.2, 0.25) is 6.08 Å². The Morgan fingerprint density at radius 1 is 1.50 bits per heavy atom. The molecule has 4 heteroatoms. The van der Waals surface area contributed by atoms with Crippen LogP contribution in [0.5, 0.6) is 0 Å². The lowest BCUT2D eigenvalue weighted by molar-refractivity contribution is 0.181. The van der Waals surface area contributed by atoms with Crippen LogP contribution in [-0.4, -0.2) is 19.3 Å². The summed E-state index contributed by atoms with van der Waals surface area (Å²) in [5.74, 6) is 0.223. The van der Waals surface area contributed by atoms with Gasteiger partial charge in [-0.1, -0.05) is 29.8 Å². The van der Waals surface area contributed by atoms with Gasteiger partial charge in [0.25, 0.3) is 0 Å². The monoisotopic (exact) mass is 237 g/mol. The van der Waals surface area contributed by atoms with E-state index < -0.39 is 0 Å². The first-order chi connectivity index (χ1) is 7.83. The molecule has 1 aliphatic rings. The molecule has 16 heavy (non-hydrogen) atoms. The van der Waals surface area contributed by atoms with Crippen molar-refractivity contribution >= 4 is 17.7 Å². The number of halogens is 1. The fraction of sp³-hybridized carbons (Fsp3) is 0.417. The van der Waals surface area contributed by atoms with Gasteiger partial charge >= 0.3 is 0 Å². The molecule has 2 rings (SSSR count). The predicted octanol–water partition coefficient (Wildman–Crippen LogP) is 2.75. The SMILES string of the molecule is O=C=NC(c1ccccc1Cl)C1CCOC1. The van der Waals surface area contributed by atoms with Crippen LogP contribution in [-0.2, 0) is 9.53 Å². The van der Waals surface area contributed by atoms with Crippen LogP contribution in [0.15, 0.2) is 29.3 Å². The van der Waals surface area contributed by atoms with E-state index in [1.807, 2.05) is 18.2 Å². The van der Waals surface area contributed by atoms with Gasteiger partial charge in [0.15, 0.2) is 0 Å². The molecule has 0 saturated carbocycles. The summed E-state index contributed by atoms with van der Waals surface area (Å²) in [7, 11) is 0. The lowest BCUT2D eigenvalue weighted by Gasteiger charge is -2.17. The number of isocyanates is 1. The second-order valence-corrected chi connectivity index (χ2v) is 4.22. The maximum absolute atomic E-state index is 10.5. The maximum atomic E-state index is 10.5. The highest BCUT2D eigenvalue weighted by Gasteiger charge is 2.28. The summed E-state index contributed by atoms with van der Waals surface area (Å²) in [5, 5.41) is 0.637. The van der Waals surface area contributed by atoms with Gasteiger partial charge in [0.1, 0.15) is 0 Å². The zero-order chi connectivity index (χ0) is 11.4. The van der Waals surface area contributed by atoms with Crippen LogP contribution in [0.3, 0.4) is 0 Å². The lowest BCUT2D eigenvalue weighted by atomic mass is 9.93. The fourth-order valence-electron chi connectivity index (χ4n) is 2.00. The van der Waals surface area contributed by atoms with Crippen molar-refractivity contribution in [1.29, 1.82) is 0 Å². The molecule has 1 aromatic carbocycles. The van der Waals surface area contributed by atoms with Crippen molar-refractivity contribution in [2.24, 2.45) is 10.9 Å². The summed E-state index contributed by atoms with van der Waals surface area (Å²) >= 11 is 6.10. The molecule has 1 aromatic rings. The van der Waals surface area contributed by atoms with E-state index in [4.69, 9.17) is 16.3 Å². The number of aliphatic imine (C=N–C) groups is 1. The summed E-state index contributed by atoms with van der Waals surface area (Å²) in [6.07, 6.45) is 2.54. The van der Waals surface area contributed by atoms with E-state index in [0.29, 0.717) is 11.6 Å². The molecule has 0 aromatic heterocycles. The molecule has 0 amide bonds. The summed E-state index contributed by atoms with van der Waals surface area (Å²) in [6.45, 7) is 1.35. The van der Waals surface area contributed by atoms with Gasteiger partial charge in [0, 0.05) is 17.5 Å². The van der Waals surface area contributed by atoms with Crippen molar-refractivity contribution in [3.63, 3.8) is 0 Å². The third-order valence-electron chi connectivity index (χ3n) is 2.83. The third-order valence-corrected chi connectivity index (χ3v) is 3.17. The Balaban J connectivity index is 2.31. The average molecular weight is 238 g/mol. The maximum Gasteiger partial charge on any atom is 0.235 e. The molecule has 1 aliphatic heterocycles. The topological polar surface area (TPSA) is 38.7 Å². The quantitative estimate of drug-likeness (QED) is 0.599. The third kappa shape index (κ3) is 2.33. The van der Waals surface area contributed by atoms with Crippen LogP contribution in [0.2, 0.25) is 5.02 Å². The molecule has 2 unspecified atom stereocenters. The Labute approximate surface area is 99.1 Å². The van der Waals surface area contributed by atoms with E-state index in [9.17, 15) is 4.79 Å². The number of nitrogens with zero attached hydrogens (tertiary/aromatic N) is 1. The second-order valence-electron chi connectivity index (χ2n) is 3.81. The number of ether oxygens (including phenoxy) is 1. The van der Waals surface area contributed by atoms with Gasteiger partial charge < -0.3 is 4.74 Å². The minimum Gasteiger partial charge on any atom is -0.381 e. The molecule has 0 N–H and O–H groups in total. The zero-order valence-corrected chi connectivity index (χ0v) is 9.48. The Morgan fingerprint density at radius 2 is 2.31 bits per heavy atom. The van der Waals surface area contributed by atoms with Crippen LogP contribution in [0.1, 0.15) is 18.0 Å². The first-order valence-electron chi connectivity index (χ1n) is 5.22. The van der Waals surface area contributed by atoms with Gasteiger partial charge in [-0.25, -0.2) is 4.79 Å². The highest BCUT2D eigenvalue weighted by atomic mass is 35.5. The molecule has 84 valence electrons. The molecular formula is C12H12ClNO2. The molecule has 0 bridgehead atoms. The van der Waals surface area contributed by atoms with Gasteiger partial charge in [-0.05, 0) is 18.1 Å². The summed E-state index contributed by atoms with van der Waals surface area (Å²) in [4.78, 5) is 14.3. The van der Waals surface area contributed by atoms with Crippen molar-refractivity contribution in [3.8, 4) is 0 Å². The van der Waals surface area contributed by atoms with Crippen LogP contribution in [0, 0.1) is 5.92 Å². The summed E-state index contributed by atoms with van der Waals surface area (Å²) in [6, 6.07) is 7.23. The first-order valence-corrected chi connectivity index (χ1v) is 5.60. The molecule has 0 spiro atoms. The zero-order valence-electron chi connectivity index (χ0n) is 8.73. The lowest BCUT2D eigenvalue weighted by Crippen LogP contribution is -2.11. The minimum atomic E-state index is -0.228. The summed E-state index contributed by atoms with van der Waals surface area (Å²) < 4.78 is 5.31. The second kappa shape index (κ2) is 5.26. The molecular weight excluding hydrogens is 226 g/mol. The van der Waals surface area contributed by atoms with Crippen LogP contribution < -0.4 is 0 Å². The fourth-order valence-corrected chi connectivity index (χ4v) is 2.25. The van der Waals surface area contributed by atoms with Crippen molar-refractivity contribution in [2.75, 3.05) is 13.2 Å². The van der Waals surface area contributed by atoms with Crippen LogP contribution >= 0.6 is 11.6 Å². The average Bonchev–Trinajstić information content (AvgIpc) is 2.80. The van der Waals surface area contributed by atoms with E-state index in [0.717, 1.165) is 18.6 Å². The number of rotatable bonds is 3. The Hall–Kier alpha value is -1.15. The summed E-state index contributed by atoms with van der Waals surface area (Å²) in [5.41, 5.74) is 0.878. The van der Waals surface area contributed by atoms with E-state index in [1.54, 1.807) is 12.1 Å². The first kappa shape index (κ1) is 11.3. The highest BCUT2D eigenvalue weighted by molar-refractivity contribution is 6.31. The van der Waals surface area contributed by atoms with Gasteiger partial charge in [-0.3, -0.25) is 0 Å². The predicted molar refractivity (Wildman–Crippen MR) is 61.2 cm³/mol. The molecule has 1 heterocycles. The normalized spacial score (nSPS) is 21.4. The number of hydrogen-bond donors (Lipinski definition) is 0. The van der Waals surface area contributed by atoms with Gasteiger partial charge in [-0.15, -0.1) is 0 Å². The molecule has 1 saturated heterocycles. The highest BCUT2D eigenvalue weighted by Crippen LogP contribution is 2.35. The van der Waals surface area contributed by atoms with Crippen molar-refractivity contribution in [1.82, 2.24) is 0 Å². The Bertz CT molecular complexity index is 409. The minimum absolute atomic E-state index is 0.223. The van der Waals surface area contributed by atoms with Gasteiger partial charge in [0.05, 0.1) is 12.6 Å². The van der Waals surface area contributed by atoms with Crippen molar-refractivity contribution in [2.45, 2.75) is 12.5 Å². The number of hydrogen-bond acceptors (Lipinski definition) is 3. The molecule has 1 fully saturated rings. The number of carbonyl (C=O) groups excluding carboxylic acids is 1. The number of benzene rings is 1. The van der Waals surface area contributed by atoms with E-state index in [-0.39, 0.29) is 12.0 Å². The molecule has 3 nitrogen and oxygen atoms in total.